The van der Waals surface area contributed by atoms with E-state index in [0.717, 1.165) is 47.3 Å². The molecule has 7 nitrogen and oxygen atoms in total. The predicted octanol–water partition coefficient (Wildman–Crippen LogP) is 3.11. The average molecular weight is 383 g/mol. The summed E-state index contributed by atoms with van der Waals surface area (Å²) in [6, 6.07) is 10.5. The summed E-state index contributed by atoms with van der Waals surface area (Å²) in [6.45, 7) is 1.69. The lowest BCUT2D eigenvalue weighted by Gasteiger charge is -2.28. The largest absolute Gasteiger partial charge is 0.459 e. The molecule has 140 valence electrons. The van der Waals surface area contributed by atoms with Crippen molar-refractivity contribution in [2.24, 2.45) is 0 Å². The average Bonchev–Trinajstić information content (AvgIpc) is 3.37. The van der Waals surface area contributed by atoms with Crippen LogP contribution in [-0.2, 0) is 10.8 Å². The second kappa shape index (κ2) is 6.84. The summed E-state index contributed by atoms with van der Waals surface area (Å²) in [4.78, 5) is 11.4. The van der Waals surface area contributed by atoms with E-state index in [-0.39, 0.29) is 0 Å². The van der Waals surface area contributed by atoms with Crippen molar-refractivity contribution in [1.29, 1.82) is 0 Å². The smallest absolute Gasteiger partial charge is 0.229 e. The van der Waals surface area contributed by atoms with Crippen LogP contribution in [0.15, 0.2) is 41.0 Å². The van der Waals surface area contributed by atoms with Gasteiger partial charge in [-0.3, -0.25) is 4.21 Å². The van der Waals surface area contributed by atoms with E-state index in [2.05, 4.69) is 37.6 Å². The van der Waals surface area contributed by atoms with Crippen LogP contribution < -0.4 is 15.5 Å². The zero-order valence-electron chi connectivity index (χ0n) is 14.9. The van der Waals surface area contributed by atoms with Gasteiger partial charge in [0, 0.05) is 58.9 Å². The number of benzene rings is 1. The lowest BCUT2D eigenvalue weighted by molar-refractivity contribution is 0.614. The van der Waals surface area contributed by atoms with Crippen molar-refractivity contribution in [2.45, 2.75) is 18.9 Å². The van der Waals surface area contributed by atoms with Crippen LogP contribution in [0.1, 0.15) is 12.8 Å². The van der Waals surface area contributed by atoms with Gasteiger partial charge in [-0.25, -0.2) is 4.98 Å². The number of hydrogen-bond donors (Lipinski definition) is 2. The lowest BCUT2D eigenvalue weighted by atomic mass is 10.2. The first kappa shape index (κ1) is 16.6. The Bertz CT molecular complexity index is 973. The molecule has 5 rings (SSSR count). The topological polar surface area (TPSA) is 83.3 Å². The molecule has 8 heteroatoms. The fourth-order valence-electron chi connectivity index (χ4n) is 3.22. The molecule has 1 aromatic carbocycles. The van der Waals surface area contributed by atoms with E-state index in [0.29, 0.717) is 17.6 Å². The number of anilines is 4. The van der Waals surface area contributed by atoms with Crippen LogP contribution >= 0.6 is 0 Å². The Labute approximate surface area is 159 Å². The number of hydrogen-bond acceptors (Lipinski definition) is 7. The fraction of sp³-hybridized carbons (Fsp3) is 0.368. The van der Waals surface area contributed by atoms with Gasteiger partial charge in [-0.05, 0) is 37.1 Å². The van der Waals surface area contributed by atoms with Crippen molar-refractivity contribution in [3.05, 3.63) is 36.6 Å². The molecule has 0 unspecified atom stereocenters. The summed E-state index contributed by atoms with van der Waals surface area (Å²) in [6.07, 6.45) is 3.97. The van der Waals surface area contributed by atoms with Crippen LogP contribution in [0.25, 0.3) is 11.1 Å². The number of aromatic nitrogens is 2. The van der Waals surface area contributed by atoms with Crippen LogP contribution in [0.3, 0.4) is 0 Å². The summed E-state index contributed by atoms with van der Waals surface area (Å²) in [5, 5.41) is 6.70. The number of furan rings is 1. The summed E-state index contributed by atoms with van der Waals surface area (Å²) in [5.41, 5.74) is 3.57. The Kier molecular flexibility index (Phi) is 4.20. The number of nitrogens with one attached hydrogen (secondary N) is 2. The summed E-state index contributed by atoms with van der Waals surface area (Å²) in [5.74, 6) is 2.78. The first-order valence-electron chi connectivity index (χ1n) is 9.23. The van der Waals surface area contributed by atoms with Gasteiger partial charge in [0.05, 0.1) is 6.26 Å². The first-order chi connectivity index (χ1) is 13.2. The number of fused-ring (bicyclic) bond motifs is 1. The molecule has 2 fully saturated rings. The fourth-order valence-corrected chi connectivity index (χ4v) is 4.27. The molecule has 1 saturated carbocycles. The maximum absolute atomic E-state index is 11.5. The van der Waals surface area contributed by atoms with E-state index < -0.39 is 10.8 Å². The van der Waals surface area contributed by atoms with Crippen LogP contribution in [0.5, 0.6) is 0 Å². The van der Waals surface area contributed by atoms with Crippen LogP contribution in [-0.4, -0.2) is 44.8 Å². The third kappa shape index (κ3) is 3.62. The van der Waals surface area contributed by atoms with Crippen molar-refractivity contribution in [2.75, 3.05) is 40.1 Å². The molecule has 3 aromatic rings. The van der Waals surface area contributed by atoms with Crippen LogP contribution in [0.2, 0.25) is 0 Å². The van der Waals surface area contributed by atoms with E-state index in [1.807, 2.05) is 18.2 Å². The Morgan fingerprint density at radius 1 is 1.07 bits per heavy atom. The third-order valence-corrected chi connectivity index (χ3v) is 6.16. The van der Waals surface area contributed by atoms with Gasteiger partial charge in [0.1, 0.15) is 5.52 Å². The van der Waals surface area contributed by atoms with Crippen molar-refractivity contribution in [3.8, 4) is 0 Å². The number of nitrogens with zero attached hydrogens (tertiary/aromatic N) is 3. The molecule has 2 aliphatic rings. The molecule has 0 radical (unpaired) electrons. The summed E-state index contributed by atoms with van der Waals surface area (Å²) >= 11 is 0. The maximum atomic E-state index is 11.5. The molecule has 2 N–H and O–H groups in total. The van der Waals surface area contributed by atoms with Crippen molar-refractivity contribution in [1.82, 2.24) is 9.97 Å². The van der Waals surface area contributed by atoms with Crippen LogP contribution in [0, 0.1) is 0 Å². The van der Waals surface area contributed by atoms with Gasteiger partial charge >= 0.3 is 0 Å². The van der Waals surface area contributed by atoms with Gasteiger partial charge in [-0.15, -0.1) is 0 Å². The van der Waals surface area contributed by atoms with Gasteiger partial charge in [0.25, 0.3) is 0 Å². The molecule has 0 atom stereocenters. The van der Waals surface area contributed by atoms with E-state index in [1.54, 1.807) is 6.26 Å². The molecule has 1 aliphatic carbocycles. The molecule has 1 saturated heterocycles. The minimum absolute atomic E-state index is 0.485. The maximum Gasteiger partial charge on any atom is 0.229 e. The molecule has 0 amide bonds. The highest BCUT2D eigenvalue weighted by Gasteiger charge is 2.24. The molecule has 0 bridgehead atoms. The zero-order valence-corrected chi connectivity index (χ0v) is 15.7. The molecule has 27 heavy (non-hydrogen) atoms. The third-order valence-electron chi connectivity index (χ3n) is 4.89. The van der Waals surface area contributed by atoms with Gasteiger partial charge in [-0.1, -0.05) is 0 Å². The van der Waals surface area contributed by atoms with Gasteiger partial charge in [-0.2, -0.15) is 4.98 Å². The predicted molar refractivity (Wildman–Crippen MR) is 108 cm³/mol. The van der Waals surface area contributed by atoms with E-state index in [9.17, 15) is 4.21 Å². The Morgan fingerprint density at radius 3 is 2.59 bits per heavy atom. The summed E-state index contributed by atoms with van der Waals surface area (Å²) < 4.78 is 17.0. The highest BCUT2D eigenvalue weighted by molar-refractivity contribution is 7.85. The van der Waals surface area contributed by atoms with E-state index in [1.165, 1.54) is 12.8 Å². The van der Waals surface area contributed by atoms with Gasteiger partial charge < -0.3 is 20.0 Å². The first-order valence-corrected chi connectivity index (χ1v) is 10.7. The normalized spacial score (nSPS) is 18.0. The molecule has 1 aliphatic heterocycles. The summed E-state index contributed by atoms with van der Waals surface area (Å²) in [7, 11) is -0.660. The van der Waals surface area contributed by atoms with E-state index in [4.69, 9.17) is 4.42 Å². The highest BCUT2D eigenvalue weighted by Crippen LogP contribution is 2.30. The second-order valence-electron chi connectivity index (χ2n) is 6.96. The van der Waals surface area contributed by atoms with Crippen molar-refractivity contribution in [3.63, 3.8) is 0 Å². The monoisotopic (exact) mass is 383 g/mol. The zero-order chi connectivity index (χ0) is 18.2. The van der Waals surface area contributed by atoms with Crippen molar-refractivity contribution < 1.29 is 8.63 Å². The minimum atomic E-state index is -0.660. The minimum Gasteiger partial charge on any atom is -0.459 e. The highest BCUT2D eigenvalue weighted by atomic mass is 32.2. The lowest BCUT2D eigenvalue weighted by Crippen LogP contribution is -2.37. The Morgan fingerprint density at radius 2 is 1.85 bits per heavy atom. The quantitative estimate of drug-likeness (QED) is 0.700. The Hall–Kier alpha value is -2.61. The van der Waals surface area contributed by atoms with Gasteiger partial charge in [0.15, 0.2) is 11.4 Å². The molecule has 0 spiro atoms. The standard InChI is InChI=1S/C19H21N5O2S/c25-27-11-8-24(9-12-27)15-5-3-14(4-6-15)21-19-22-16-7-10-26-17(16)18(23-19)20-13-1-2-13/h3-7,10,13H,1-2,8-9,11-12H2,(H2,20,21,22,23). The second-order valence-corrected chi connectivity index (χ2v) is 8.65. The molecule has 2 aromatic heterocycles. The van der Waals surface area contributed by atoms with Gasteiger partial charge in [0.2, 0.25) is 5.95 Å². The van der Waals surface area contributed by atoms with E-state index >= 15 is 0 Å². The van der Waals surface area contributed by atoms with Crippen molar-refractivity contribution >= 4 is 45.0 Å². The van der Waals surface area contributed by atoms with Crippen LogP contribution in [0.4, 0.5) is 23.1 Å². The molecule has 3 heterocycles. The SMILES string of the molecule is O=S1CCN(c2ccc(Nc3nc(NC4CC4)c4occc4n3)cc2)CC1. The Balaban J connectivity index is 1.34. The molecular weight excluding hydrogens is 362 g/mol. The number of rotatable bonds is 5. The molecular formula is C19H21N5O2S.